The molecule has 3 rings (SSSR count). The number of rotatable bonds is 5. The summed E-state index contributed by atoms with van der Waals surface area (Å²) in [5, 5.41) is 5.67. The summed E-state index contributed by atoms with van der Waals surface area (Å²) in [4.78, 5) is 4.56. The molecule has 0 bridgehead atoms. The van der Waals surface area contributed by atoms with Crippen LogP contribution in [0.4, 0.5) is 0 Å². The van der Waals surface area contributed by atoms with Crippen molar-refractivity contribution < 1.29 is 0 Å². The normalized spacial score (nSPS) is 12.7. The number of nitrogens with zero attached hydrogens (tertiary/aromatic N) is 1. The van der Waals surface area contributed by atoms with E-state index in [2.05, 4.69) is 74.9 Å². The highest BCUT2D eigenvalue weighted by Crippen LogP contribution is 2.25. The van der Waals surface area contributed by atoms with Gasteiger partial charge >= 0.3 is 0 Å². The predicted molar refractivity (Wildman–Crippen MR) is 93.9 cm³/mol. The maximum atomic E-state index is 4.56. The van der Waals surface area contributed by atoms with Crippen molar-refractivity contribution in [1.29, 1.82) is 0 Å². The van der Waals surface area contributed by atoms with Gasteiger partial charge in [-0.15, -0.1) is 11.3 Å². The zero-order chi connectivity index (χ0) is 14.7. The van der Waals surface area contributed by atoms with Crippen LogP contribution in [0.3, 0.4) is 0 Å². The minimum Gasteiger partial charge on any atom is -0.310 e. The molecule has 1 unspecified atom stereocenters. The fourth-order valence-corrected chi connectivity index (χ4v) is 3.52. The van der Waals surface area contributed by atoms with Gasteiger partial charge in [-0.05, 0) is 53.7 Å². The molecule has 0 amide bonds. The van der Waals surface area contributed by atoms with E-state index in [0.29, 0.717) is 6.04 Å². The minimum atomic E-state index is 0.301. The molecule has 4 heteroatoms. The summed E-state index contributed by atoms with van der Waals surface area (Å²) in [6.07, 6.45) is 2.97. The lowest BCUT2D eigenvalue weighted by atomic mass is 10.00. The van der Waals surface area contributed by atoms with Crippen molar-refractivity contribution in [2.45, 2.75) is 19.4 Å². The Morgan fingerprint density at radius 3 is 2.81 bits per heavy atom. The van der Waals surface area contributed by atoms with E-state index < -0.39 is 0 Å². The first-order valence-corrected chi connectivity index (χ1v) is 8.74. The van der Waals surface area contributed by atoms with Gasteiger partial charge in [0.2, 0.25) is 0 Å². The van der Waals surface area contributed by atoms with Crippen LogP contribution >= 0.6 is 27.3 Å². The van der Waals surface area contributed by atoms with E-state index in [9.17, 15) is 0 Å². The van der Waals surface area contributed by atoms with Crippen LogP contribution < -0.4 is 5.32 Å². The number of hydrogen-bond donors (Lipinski definition) is 1. The zero-order valence-electron chi connectivity index (χ0n) is 11.8. The molecule has 0 aliphatic carbocycles. The molecule has 0 aliphatic heterocycles. The van der Waals surface area contributed by atoms with Gasteiger partial charge in [-0.25, -0.2) is 0 Å². The van der Waals surface area contributed by atoms with Crippen LogP contribution in [0.15, 0.2) is 52.4 Å². The third-order valence-corrected chi connectivity index (χ3v) is 4.91. The summed E-state index contributed by atoms with van der Waals surface area (Å²) in [5.74, 6) is 0. The topological polar surface area (TPSA) is 24.9 Å². The Balaban J connectivity index is 1.87. The molecule has 2 aromatic heterocycles. The summed E-state index contributed by atoms with van der Waals surface area (Å²) in [5.41, 5.74) is 3.67. The molecule has 0 saturated heterocycles. The van der Waals surface area contributed by atoms with Gasteiger partial charge in [0, 0.05) is 16.7 Å². The number of thiophene rings is 1. The quantitative estimate of drug-likeness (QED) is 0.695. The number of nitrogens with one attached hydrogen (secondary N) is 1. The lowest BCUT2D eigenvalue weighted by molar-refractivity contribution is 0.549. The van der Waals surface area contributed by atoms with Crippen LogP contribution in [0, 0.1) is 0 Å². The van der Waals surface area contributed by atoms with Gasteiger partial charge in [0.1, 0.15) is 0 Å². The number of halogens is 1. The molecule has 0 fully saturated rings. The Bertz CT molecular complexity index is 721. The van der Waals surface area contributed by atoms with E-state index in [4.69, 9.17) is 0 Å². The van der Waals surface area contributed by atoms with Crippen LogP contribution in [0.5, 0.6) is 0 Å². The molecule has 0 radical (unpaired) electrons. The molecule has 2 heterocycles. The van der Waals surface area contributed by atoms with Crippen LogP contribution in [0.1, 0.15) is 24.1 Å². The summed E-state index contributed by atoms with van der Waals surface area (Å²) >= 11 is 5.23. The second kappa shape index (κ2) is 6.69. The van der Waals surface area contributed by atoms with E-state index in [0.717, 1.165) is 23.0 Å². The lowest BCUT2D eigenvalue weighted by Gasteiger charge is -2.18. The van der Waals surface area contributed by atoms with Crippen molar-refractivity contribution in [3.63, 3.8) is 0 Å². The van der Waals surface area contributed by atoms with Gasteiger partial charge in [-0.3, -0.25) is 4.98 Å². The molecule has 21 heavy (non-hydrogen) atoms. The van der Waals surface area contributed by atoms with Gasteiger partial charge < -0.3 is 5.32 Å². The van der Waals surface area contributed by atoms with Gasteiger partial charge in [0.15, 0.2) is 0 Å². The first-order chi connectivity index (χ1) is 10.3. The summed E-state index contributed by atoms with van der Waals surface area (Å²) in [6.45, 7) is 3.09. The third-order valence-electron chi connectivity index (χ3n) is 3.53. The fraction of sp³-hybridized carbons (Fsp3) is 0.235. The lowest BCUT2D eigenvalue weighted by Crippen LogP contribution is -2.23. The third kappa shape index (κ3) is 3.51. The second-order valence-corrected chi connectivity index (χ2v) is 6.88. The van der Waals surface area contributed by atoms with E-state index in [1.54, 1.807) is 11.3 Å². The Labute approximate surface area is 137 Å². The van der Waals surface area contributed by atoms with Crippen molar-refractivity contribution >= 4 is 37.5 Å². The predicted octanol–water partition coefficient (Wildman–Crippen LogP) is 4.95. The average Bonchev–Trinajstić information content (AvgIpc) is 2.96. The molecule has 0 saturated carbocycles. The number of benzene rings is 1. The molecule has 1 N–H and O–H groups in total. The number of fused-ring (bicyclic) bond motifs is 1. The SMILES string of the molecule is CCNC(Cc1ccc(Br)cc1)c1cnc2ccsc2c1. The van der Waals surface area contributed by atoms with Crippen LogP contribution in [-0.4, -0.2) is 11.5 Å². The number of hydrogen-bond acceptors (Lipinski definition) is 3. The van der Waals surface area contributed by atoms with Crippen molar-refractivity contribution in [2.24, 2.45) is 0 Å². The molecule has 2 nitrogen and oxygen atoms in total. The fourth-order valence-electron chi connectivity index (χ4n) is 2.46. The molecule has 108 valence electrons. The highest BCUT2D eigenvalue weighted by molar-refractivity contribution is 9.10. The van der Waals surface area contributed by atoms with Crippen molar-refractivity contribution in [1.82, 2.24) is 10.3 Å². The average molecular weight is 361 g/mol. The maximum Gasteiger partial charge on any atom is 0.0809 e. The van der Waals surface area contributed by atoms with Crippen molar-refractivity contribution in [3.8, 4) is 0 Å². The van der Waals surface area contributed by atoms with Crippen molar-refractivity contribution in [2.75, 3.05) is 6.54 Å². The number of likely N-dealkylation sites (N-methyl/N-ethyl adjacent to an activating group) is 1. The van der Waals surface area contributed by atoms with Crippen molar-refractivity contribution in [3.05, 3.63) is 63.6 Å². The van der Waals surface area contributed by atoms with Crippen LogP contribution in [0.2, 0.25) is 0 Å². The van der Waals surface area contributed by atoms with E-state index >= 15 is 0 Å². The van der Waals surface area contributed by atoms with Gasteiger partial charge in [-0.1, -0.05) is 35.0 Å². The van der Waals surface area contributed by atoms with Gasteiger partial charge in [0.25, 0.3) is 0 Å². The molecule has 1 atom stereocenters. The van der Waals surface area contributed by atoms with Crippen LogP contribution in [0.25, 0.3) is 10.2 Å². The largest absolute Gasteiger partial charge is 0.310 e. The van der Waals surface area contributed by atoms with Crippen LogP contribution in [-0.2, 0) is 6.42 Å². The van der Waals surface area contributed by atoms with Gasteiger partial charge in [0.05, 0.1) is 10.2 Å². The molecular formula is C17H17BrN2S. The second-order valence-electron chi connectivity index (χ2n) is 5.01. The molecule has 3 aromatic rings. The maximum absolute atomic E-state index is 4.56. The monoisotopic (exact) mass is 360 g/mol. The first kappa shape index (κ1) is 14.7. The number of pyridine rings is 1. The van der Waals surface area contributed by atoms with E-state index in [1.165, 1.54) is 15.8 Å². The highest BCUT2D eigenvalue weighted by atomic mass is 79.9. The molecular weight excluding hydrogens is 344 g/mol. The highest BCUT2D eigenvalue weighted by Gasteiger charge is 2.12. The summed E-state index contributed by atoms with van der Waals surface area (Å²) < 4.78 is 2.37. The Morgan fingerprint density at radius 1 is 1.24 bits per heavy atom. The summed E-state index contributed by atoms with van der Waals surface area (Å²) in [6, 6.07) is 13.2. The molecule has 0 spiro atoms. The Morgan fingerprint density at radius 2 is 2.05 bits per heavy atom. The Hall–Kier alpha value is -1.23. The number of aromatic nitrogens is 1. The van der Waals surface area contributed by atoms with Gasteiger partial charge in [-0.2, -0.15) is 0 Å². The van der Waals surface area contributed by atoms with E-state index in [-0.39, 0.29) is 0 Å². The smallest absolute Gasteiger partial charge is 0.0809 e. The standard InChI is InChI=1S/C17H17BrN2S/c1-2-19-16(9-12-3-5-14(18)6-4-12)13-10-17-15(20-11-13)7-8-21-17/h3-8,10-11,16,19H,2,9H2,1H3. The zero-order valence-corrected chi connectivity index (χ0v) is 14.2. The Kier molecular flexibility index (Phi) is 4.68. The molecule has 1 aromatic carbocycles. The summed E-state index contributed by atoms with van der Waals surface area (Å²) in [7, 11) is 0. The van der Waals surface area contributed by atoms with E-state index in [1.807, 2.05) is 6.20 Å². The minimum absolute atomic E-state index is 0.301. The molecule has 0 aliphatic rings. The first-order valence-electron chi connectivity index (χ1n) is 7.07.